The van der Waals surface area contributed by atoms with Crippen molar-refractivity contribution in [3.8, 4) is 11.3 Å². The van der Waals surface area contributed by atoms with Crippen LogP contribution in [0.3, 0.4) is 0 Å². The van der Waals surface area contributed by atoms with Crippen LogP contribution >= 0.6 is 0 Å². The molecule has 1 aromatic heterocycles. The Bertz CT molecular complexity index is 1460. The van der Waals surface area contributed by atoms with Crippen LogP contribution in [-0.2, 0) is 4.79 Å². The molecule has 0 bridgehead atoms. The Kier molecular flexibility index (Phi) is 8.10. The van der Waals surface area contributed by atoms with Gasteiger partial charge in [-0.15, -0.1) is 10.2 Å². The molecule has 1 unspecified atom stereocenters. The van der Waals surface area contributed by atoms with E-state index in [-0.39, 0.29) is 23.8 Å². The average Bonchev–Trinajstić information content (AvgIpc) is 3.00. The minimum Gasteiger partial charge on any atom is -0.352 e. The zero-order chi connectivity index (χ0) is 28.1. The highest BCUT2D eigenvalue weighted by Gasteiger charge is 2.29. The Morgan fingerprint density at radius 1 is 0.825 bits per heavy atom. The van der Waals surface area contributed by atoms with E-state index in [2.05, 4.69) is 10.2 Å². The van der Waals surface area contributed by atoms with Crippen molar-refractivity contribution in [2.24, 2.45) is 0 Å². The molecule has 0 radical (unpaired) electrons. The standard InChI is InChI=1S/C31H29F2N5O2/c1-22(23-6-3-2-4-7-23)38(31(40)25-8-5-9-27(33)20-25)21-30(39)37-18-16-36(17-19-37)29-15-14-28(34-35-29)24-10-12-26(32)13-11-24/h2-15,20,22H,16-19,21H2,1H3. The molecular formula is C31H29F2N5O2. The van der Waals surface area contributed by atoms with Gasteiger partial charge in [0, 0.05) is 37.3 Å². The molecule has 1 atom stereocenters. The lowest BCUT2D eigenvalue weighted by molar-refractivity contribution is -0.132. The maximum Gasteiger partial charge on any atom is 0.254 e. The Morgan fingerprint density at radius 2 is 1.55 bits per heavy atom. The predicted octanol–water partition coefficient (Wildman–Crippen LogP) is 4.97. The second-order valence-electron chi connectivity index (χ2n) is 9.68. The summed E-state index contributed by atoms with van der Waals surface area (Å²) < 4.78 is 27.1. The summed E-state index contributed by atoms with van der Waals surface area (Å²) in [6.07, 6.45) is 0. The molecule has 5 rings (SSSR count). The zero-order valence-electron chi connectivity index (χ0n) is 22.1. The smallest absolute Gasteiger partial charge is 0.254 e. The van der Waals surface area contributed by atoms with Crippen LogP contribution < -0.4 is 4.90 Å². The first-order valence-corrected chi connectivity index (χ1v) is 13.1. The van der Waals surface area contributed by atoms with Crippen molar-refractivity contribution >= 4 is 17.6 Å². The van der Waals surface area contributed by atoms with E-state index < -0.39 is 17.8 Å². The highest BCUT2D eigenvalue weighted by atomic mass is 19.1. The van der Waals surface area contributed by atoms with Crippen LogP contribution in [-0.4, -0.2) is 64.5 Å². The summed E-state index contributed by atoms with van der Waals surface area (Å²) in [7, 11) is 0. The number of halogens is 2. The third-order valence-electron chi connectivity index (χ3n) is 7.13. The first-order valence-electron chi connectivity index (χ1n) is 13.1. The molecule has 3 aromatic carbocycles. The van der Waals surface area contributed by atoms with Gasteiger partial charge < -0.3 is 14.7 Å². The summed E-state index contributed by atoms with van der Waals surface area (Å²) >= 11 is 0. The van der Waals surface area contributed by atoms with E-state index in [9.17, 15) is 18.4 Å². The molecule has 2 heterocycles. The van der Waals surface area contributed by atoms with Gasteiger partial charge in [-0.1, -0.05) is 36.4 Å². The van der Waals surface area contributed by atoms with Crippen molar-refractivity contribution < 1.29 is 18.4 Å². The molecule has 9 heteroatoms. The molecule has 1 fully saturated rings. The van der Waals surface area contributed by atoms with Crippen molar-refractivity contribution in [1.29, 1.82) is 0 Å². The number of amides is 2. The first-order chi connectivity index (χ1) is 19.4. The van der Waals surface area contributed by atoms with Crippen LogP contribution in [0.5, 0.6) is 0 Å². The number of rotatable bonds is 7. The fraction of sp³-hybridized carbons (Fsp3) is 0.226. The van der Waals surface area contributed by atoms with Crippen LogP contribution in [0.1, 0.15) is 28.9 Å². The molecule has 1 aliphatic rings. The molecule has 0 N–H and O–H groups in total. The van der Waals surface area contributed by atoms with Crippen LogP contribution in [0.2, 0.25) is 0 Å². The first kappa shape index (κ1) is 26.9. The van der Waals surface area contributed by atoms with Gasteiger partial charge >= 0.3 is 0 Å². The molecule has 1 aliphatic heterocycles. The molecule has 40 heavy (non-hydrogen) atoms. The van der Waals surface area contributed by atoms with Gasteiger partial charge in [-0.3, -0.25) is 9.59 Å². The Morgan fingerprint density at radius 3 is 2.20 bits per heavy atom. The largest absolute Gasteiger partial charge is 0.352 e. The second-order valence-corrected chi connectivity index (χ2v) is 9.68. The summed E-state index contributed by atoms with van der Waals surface area (Å²) in [5.41, 5.74) is 2.50. The molecule has 0 aliphatic carbocycles. The van der Waals surface area contributed by atoms with Gasteiger partial charge in [0.25, 0.3) is 5.91 Å². The van der Waals surface area contributed by atoms with Crippen LogP contribution in [0.4, 0.5) is 14.6 Å². The van der Waals surface area contributed by atoms with Gasteiger partial charge in [0.05, 0.1) is 11.7 Å². The number of benzene rings is 3. The van der Waals surface area contributed by atoms with E-state index in [1.54, 1.807) is 23.1 Å². The van der Waals surface area contributed by atoms with Crippen molar-refractivity contribution in [2.45, 2.75) is 13.0 Å². The summed E-state index contributed by atoms with van der Waals surface area (Å²) in [5.74, 6) is -0.700. The minimum absolute atomic E-state index is 0.127. The summed E-state index contributed by atoms with van der Waals surface area (Å²) in [6, 6.07) is 24.4. The maximum atomic E-state index is 13.9. The fourth-order valence-corrected chi connectivity index (χ4v) is 4.78. The predicted molar refractivity (Wildman–Crippen MR) is 149 cm³/mol. The number of piperazine rings is 1. The highest BCUT2D eigenvalue weighted by Crippen LogP contribution is 2.24. The van der Waals surface area contributed by atoms with Gasteiger partial charge in [0.2, 0.25) is 5.91 Å². The van der Waals surface area contributed by atoms with Crippen LogP contribution in [0.25, 0.3) is 11.3 Å². The Balaban J connectivity index is 1.25. The SMILES string of the molecule is CC(c1ccccc1)N(CC(=O)N1CCN(c2ccc(-c3ccc(F)cc3)nn2)CC1)C(=O)c1cccc(F)c1. The Labute approximate surface area is 231 Å². The number of nitrogens with zero attached hydrogens (tertiary/aromatic N) is 5. The zero-order valence-corrected chi connectivity index (χ0v) is 22.1. The summed E-state index contributed by atoms with van der Waals surface area (Å²) in [4.78, 5) is 32.1. The number of hydrogen-bond donors (Lipinski definition) is 0. The van der Waals surface area contributed by atoms with E-state index in [0.29, 0.717) is 37.7 Å². The number of aromatic nitrogens is 2. The number of hydrogen-bond acceptors (Lipinski definition) is 5. The van der Waals surface area contributed by atoms with E-state index in [1.165, 1.54) is 35.2 Å². The minimum atomic E-state index is -0.505. The van der Waals surface area contributed by atoms with Gasteiger partial charge in [-0.25, -0.2) is 8.78 Å². The molecule has 1 saturated heterocycles. The lowest BCUT2D eigenvalue weighted by atomic mass is 10.1. The third-order valence-corrected chi connectivity index (χ3v) is 7.13. The normalized spacial score (nSPS) is 14.1. The van der Waals surface area contributed by atoms with Gasteiger partial charge in [-0.05, 0) is 67.1 Å². The van der Waals surface area contributed by atoms with E-state index in [0.717, 1.165) is 11.1 Å². The topological polar surface area (TPSA) is 69.6 Å². The maximum absolute atomic E-state index is 13.9. The van der Waals surface area contributed by atoms with Crippen molar-refractivity contribution in [2.75, 3.05) is 37.6 Å². The second kappa shape index (κ2) is 12.0. The summed E-state index contributed by atoms with van der Waals surface area (Å²) in [6.45, 7) is 3.78. The van der Waals surface area contributed by atoms with Crippen molar-refractivity contribution in [1.82, 2.24) is 20.0 Å². The van der Waals surface area contributed by atoms with Crippen LogP contribution in [0.15, 0.2) is 91.0 Å². The van der Waals surface area contributed by atoms with E-state index in [4.69, 9.17) is 0 Å². The molecule has 2 amide bonds. The molecule has 0 spiro atoms. The molecule has 204 valence electrons. The number of carbonyl (C=O) groups excluding carboxylic acids is 2. The van der Waals surface area contributed by atoms with Crippen molar-refractivity contribution in [3.63, 3.8) is 0 Å². The van der Waals surface area contributed by atoms with Gasteiger partial charge in [0.1, 0.15) is 18.2 Å². The van der Waals surface area contributed by atoms with Crippen molar-refractivity contribution in [3.05, 3.63) is 114 Å². The summed E-state index contributed by atoms with van der Waals surface area (Å²) in [5, 5.41) is 8.62. The Hall–Kier alpha value is -4.66. The number of anilines is 1. The third kappa shape index (κ3) is 6.14. The molecule has 4 aromatic rings. The van der Waals surface area contributed by atoms with Gasteiger partial charge in [-0.2, -0.15) is 0 Å². The molecule has 0 saturated carbocycles. The lowest BCUT2D eigenvalue weighted by Crippen LogP contribution is -2.52. The molecular weight excluding hydrogens is 512 g/mol. The number of carbonyl (C=O) groups is 2. The highest BCUT2D eigenvalue weighted by molar-refractivity contribution is 5.96. The quantitative estimate of drug-likeness (QED) is 0.330. The lowest BCUT2D eigenvalue weighted by Gasteiger charge is -2.37. The molecule has 7 nitrogen and oxygen atoms in total. The van der Waals surface area contributed by atoms with Crippen LogP contribution in [0, 0.1) is 11.6 Å². The van der Waals surface area contributed by atoms with E-state index >= 15 is 0 Å². The fourth-order valence-electron chi connectivity index (χ4n) is 4.78. The van der Waals surface area contributed by atoms with Gasteiger partial charge in [0.15, 0.2) is 5.82 Å². The van der Waals surface area contributed by atoms with E-state index in [1.807, 2.05) is 54.3 Å². The monoisotopic (exact) mass is 541 g/mol. The average molecular weight is 542 g/mol.